The Morgan fingerprint density at radius 2 is 1.67 bits per heavy atom. The SMILES string of the molecule is CC(C)(C)CNC(C)(C)C(=O)O. The van der Waals surface area contributed by atoms with Gasteiger partial charge >= 0.3 is 5.97 Å². The number of aliphatic carboxylic acids is 1. The third-order valence-electron chi connectivity index (χ3n) is 1.60. The van der Waals surface area contributed by atoms with Crippen molar-refractivity contribution in [3.63, 3.8) is 0 Å². The minimum atomic E-state index is -0.826. The average molecular weight is 173 g/mol. The van der Waals surface area contributed by atoms with Crippen molar-refractivity contribution in [2.24, 2.45) is 5.41 Å². The van der Waals surface area contributed by atoms with Gasteiger partial charge in [-0.3, -0.25) is 4.79 Å². The third kappa shape index (κ3) is 4.34. The molecule has 0 aliphatic heterocycles. The van der Waals surface area contributed by atoms with Gasteiger partial charge in [-0.05, 0) is 19.3 Å². The Balaban J connectivity index is 4.01. The predicted octanol–water partition coefficient (Wildman–Crippen LogP) is 1.49. The second kappa shape index (κ2) is 3.44. The molecule has 0 aliphatic carbocycles. The summed E-state index contributed by atoms with van der Waals surface area (Å²) in [4.78, 5) is 10.7. The molecule has 0 spiro atoms. The number of nitrogens with one attached hydrogen (secondary N) is 1. The van der Waals surface area contributed by atoms with Crippen molar-refractivity contribution < 1.29 is 9.90 Å². The molecule has 0 heterocycles. The number of rotatable bonds is 3. The monoisotopic (exact) mass is 173 g/mol. The first-order chi connectivity index (χ1) is 5.15. The lowest BCUT2D eigenvalue weighted by Crippen LogP contribution is -2.49. The molecule has 0 amide bonds. The first-order valence-corrected chi connectivity index (χ1v) is 4.13. The smallest absolute Gasteiger partial charge is 0.323 e. The van der Waals surface area contributed by atoms with Crippen LogP contribution < -0.4 is 5.32 Å². The van der Waals surface area contributed by atoms with Crippen molar-refractivity contribution in [1.82, 2.24) is 5.32 Å². The average Bonchev–Trinajstić information content (AvgIpc) is 1.82. The predicted molar refractivity (Wildman–Crippen MR) is 49.2 cm³/mol. The molecule has 0 rings (SSSR count). The molecule has 12 heavy (non-hydrogen) atoms. The highest BCUT2D eigenvalue weighted by atomic mass is 16.4. The highest BCUT2D eigenvalue weighted by Gasteiger charge is 2.27. The highest BCUT2D eigenvalue weighted by Crippen LogP contribution is 2.13. The lowest BCUT2D eigenvalue weighted by molar-refractivity contribution is -0.143. The molecule has 0 saturated carbocycles. The topological polar surface area (TPSA) is 49.3 Å². The first kappa shape index (κ1) is 11.4. The normalized spacial score (nSPS) is 13.1. The summed E-state index contributed by atoms with van der Waals surface area (Å²) in [7, 11) is 0. The number of carboxylic acid groups (broad SMARTS) is 1. The van der Waals surface area contributed by atoms with Crippen LogP contribution in [-0.2, 0) is 4.79 Å². The van der Waals surface area contributed by atoms with Crippen LogP contribution in [0.5, 0.6) is 0 Å². The number of carbonyl (C=O) groups is 1. The number of hydrogen-bond donors (Lipinski definition) is 2. The van der Waals surface area contributed by atoms with Crippen LogP contribution in [0.15, 0.2) is 0 Å². The van der Waals surface area contributed by atoms with Gasteiger partial charge in [0.2, 0.25) is 0 Å². The lowest BCUT2D eigenvalue weighted by atomic mass is 9.94. The number of carboxylic acids is 1. The van der Waals surface area contributed by atoms with E-state index in [0.29, 0.717) is 6.54 Å². The fraction of sp³-hybridized carbons (Fsp3) is 0.889. The zero-order valence-electron chi connectivity index (χ0n) is 8.56. The standard InChI is InChI=1S/C9H19NO2/c1-8(2,3)6-10-9(4,5)7(11)12/h10H,6H2,1-5H3,(H,11,12). The Labute approximate surface area is 74.2 Å². The van der Waals surface area contributed by atoms with Gasteiger partial charge in [0.25, 0.3) is 0 Å². The summed E-state index contributed by atoms with van der Waals surface area (Å²) in [6, 6.07) is 0. The van der Waals surface area contributed by atoms with E-state index in [1.54, 1.807) is 13.8 Å². The molecule has 0 atom stereocenters. The van der Waals surface area contributed by atoms with Gasteiger partial charge in [-0.2, -0.15) is 0 Å². The summed E-state index contributed by atoms with van der Waals surface area (Å²) in [5, 5.41) is 11.8. The number of hydrogen-bond acceptors (Lipinski definition) is 2. The van der Waals surface area contributed by atoms with Crippen molar-refractivity contribution >= 4 is 5.97 Å². The Hall–Kier alpha value is -0.570. The fourth-order valence-electron chi connectivity index (χ4n) is 0.562. The third-order valence-corrected chi connectivity index (χ3v) is 1.60. The maximum atomic E-state index is 10.7. The summed E-state index contributed by atoms with van der Waals surface area (Å²) in [6.45, 7) is 10.2. The highest BCUT2D eigenvalue weighted by molar-refractivity contribution is 5.77. The molecule has 0 unspecified atom stereocenters. The van der Waals surface area contributed by atoms with Crippen LogP contribution >= 0.6 is 0 Å². The van der Waals surface area contributed by atoms with Gasteiger partial charge < -0.3 is 10.4 Å². The molecule has 0 bridgehead atoms. The minimum absolute atomic E-state index is 0.118. The summed E-state index contributed by atoms with van der Waals surface area (Å²) >= 11 is 0. The summed E-state index contributed by atoms with van der Waals surface area (Å²) in [5.74, 6) is -0.813. The van der Waals surface area contributed by atoms with Gasteiger partial charge in [0, 0.05) is 6.54 Å². The van der Waals surface area contributed by atoms with Crippen molar-refractivity contribution in [2.75, 3.05) is 6.54 Å². The molecule has 0 saturated heterocycles. The van der Waals surface area contributed by atoms with Gasteiger partial charge in [0.1, 0.15) is 5.54 Å². The van der Waals surface area contributed by atoms with E-state index in [-0.39, 0.29) is 5.41 Å². The van der Waals surface area contributed by atoms with Crippen molar-refractivity contribution in [3.8, 4) is 0 Å². The fourth-order valence-corrected chi connectivity index (χ4v) is 0.562. The van der Waals surface area contributed by atoms with Crippen LogP contribution in [0.25, 0.3) is 0 Å². The van der Waals surface area contributed by atoms with E-state index in [4.69, 9.17) is 5.11 Å². The van der Waals surface area contributed by atoms with E-state index in [1.165, 1.54) is 0 Å². The molecule has 0 aromatic carbocycles. The zero-order chi connectivity index (χ0) is 9.99. The van der Waals surface area contributed by atoms with E-state index in [1.807, 2.05) is 0 Å². The van der Waals surface area contributed by atoms with E-state index >= 15 is 0 Å². The first-order valence-electron chi connectivity index (χ1n) is 4.13. The van der Waals surface area contributed by atoms with Crippen LogP contribution in [0.4, 0.5) is 0 Å². The van der Waals surface area contributed by atoms with Crippen LogP contribution in [-0.4, -0.2) is 23.2 Å². The van der Waals surface area contributed by atoms with Gasteiger partial charge in [0.15, 0.2) is 0 Å². The van der Waals surface area contributed by atoms with E-state index in [0.717, 1.165) is 0 Å². The Bertz CT molecular complexity index is 168. The maximum absolute atomic E-state index is 10.7. The molecular formula is C9H19NO2. The second-order valence-electron chi connectivity index (χ2n) is 4.84. The summed E-state index contributed by atoms with van der Waals surface area (Å²) in [6.07, 6.45) is 0. The Morgan fingerprint density at radius 3 is 1.92 bits per heavy atom. The molecule has 0 aliphatic rings. The molecule has 0 aromatic rings. The van der Waals surface area contributed by atoms with Crippen LogP contribution in [0.3, 0.4) is 0 Å². The van der Waals surface area contributed by atoms with Gasteiger partial charge in [0.05, 0.1) is 0 Å². The Kier molecular flexibility index (Phi) is 3.27. The molecule has 0 fully saturated rings. The quantitative estimate of drug-likeness (QED) is 0.679. The zero-order valence-corrected chi connectivity index (χ0v) is 8.56. The molecule has 3 heteroatoms. The molecule has 0 radical (unpaired) electrons. The van der Waals surface area contributed by atoms with Gasteiger partial charge in [-0.15, -0.1) is 0 Å². The molecule has 72 valence electrons. The van der Waals surface area contributed by atoms with Crippen molar-refractivity contribution in [1.29, 1.82) is 0 Å². The van der Waals surface area contributed by atoms with Crippen LogP contribution in [0, 0.1) is 5.41 Å². The summed E-state index contributed by atoms with van der Waals surface area (Å²) < 4.78 is 0. The largest absolute Gasteiger partial charge is 0.480 e. The molecular weight excluding hydrogens is 154 g/mol. The van der Waals surface area contributed by atoms with E-state index in [2.05, 4.69) is 26.1 Å². The van der Waals surface area contributed by atoms with E-state index < -0.39 is 11.5 Å². The maximum Gasteiger partial charge on any atom is 0.323 e. The minimum Gasteiger partial charge on any atom is -0.480 e. The van der Waals surface area contributed by atoms with E-state index in [9.17, 15) is 4.79 Å². The lowest BCUT2D eigenvalue weighted by Gasteiger charge is -2.27. The second-order valence-corrected chi connectivity index (χ2v) is 4.84. The molecule has 0 aromatic heterocycles. The van der Waals surface area contributed by atoms with Crippen molar-refractivity contribution in [2.45, 2.75) is 40.2 Å². The van der Waals surface area contributed by atoms with Gasteiger partial charge in [-0.25, -0.2) is 0 Å². The Morgan fingerprint density at radius 1 is 1.25 bits per heavy atom. The van der Waals surface area contributed by atoms with Crippen molar-refractivity contribution in [3.05, 3.63) is 0 Å². The van der Waals surface area contributed by atoms with Gasteiger partial charge in [-0.1, -0.05) is 20.8 Å². The molecule has 3 nitrogen and oxygen atoms in total. The van der Waals surface area contributed by atoms with Crippen LogP contribution in [0.1, 0.15) is 34.6 Å². The summed E-state index contributed by atoms with van der Waals surface area (Å²) in [5.41, 5.74) is -0.708. The van der Waals surface area contributed by atoms with Crippen LogP contribution in [0.2, 0.25) is 0 Å². The molecule has 2 N–H and O–H groups in total.